The molecule has 1 aliphatic rings. The molecule has 1 atom stereocenters. The van der Waals surface area contributed by atoms with E-state index in [-0.39, 0.29) is 31.8 Å². The number of alkyl halides is 3. The third-order valence-corrected chi connectivity index (χ3v) is 4.50. The number of hydrogen-bond acceptors (Lipinski definition) is 2. The molecule has 0 aliphatic carbocycles. The number of ether oxygens (including phenoxy) is 1. The zero-order valence-corrected chi connectivity index (χ0v) is 13.7. The van der Waals surface area contributed by atoms with Crippen LogP contribution in [0.1, 0.15) is 18.4 Å². The molecule has 1 fully saturated rings. The second-order valence-corrected chi connectivity index (χ2v) is 6.19. The number of halogens is 4. The second kappa shape index (κ2) is 6.89. The number of hydrogen-bond donors (Lipinski definition) is 0. The third kappa shape index (κ3) is 4.15. The highest BCUT2D eigenvalue weighted by Crippen LogP contribution is 2.33. The third-order valence-electron chi connectivity index (χ3n) is 3.85. The number of likely N-dealkylation sites (tertiary alicyclic amines) is 1. The molecule has 2 rings (SSSR count). The van der Waals surface area contributed by atoms with E-state index in [4.69, 9.17) is 4.74 Å². The van der Waals surface area contributed by atoms with Gasteiger partial charge in [-0.15, -0.1) is 0 Å². The molecule has 122 valence electrons. The summed E-state index contributed by atoms with van der Waals surface area (Å²) in [5, 5.41) is 0. The van der Waals surface area contributed by atoms with Gasteiger partial charge >= 0.3 is 6.18 Å². The van der Waals surface area contributed by atoms with E-state index in [9.17, 15) is 18.0 Å². The Morgan fingerprint density at radius 2 is 2.18 bits per heavy atom. The molecule has 7 heteroatoms. The van der Waals surface area contributed by atoms with Gasteiger partial charge in [0.15, 0.2) is 0 Å². The van der Waals surface area contributed by atoms with Crippen molar-refractivity contribution in [3.63, 3.8) is 0 Å². The van der Waals surface area contributed by atoms with Gasteiger partial charge in [-0.1, -0.05) is 6.07 Å². The summed E-state index contributed by atoms with van der Waals surface area (Å²) in [6, 6.07) is 5.51. The van der Waals surface area contributed by atoms with Gasteiger partial charge in [0, 0.05) is 19.5 Å². The Hall–Kier alpha value is -1.24. The minimum atomic E-state index is -4.21. The van der Waals surface area contributed by atoms with Crippen molar-refractivity contribution in [3.05, 3.63) is 28.2 Å². The highest BCUT2D eigenvalue weighted by Gasteiger charge is 2.44. The lowest BCUT2D eigenvalue weighted by Crippen LogP contribution is -2.32. The number of methoxy groups -OCH3 is 1. The molecule has 1 amide bonds. The van der Waals surface area contributed by atoms with E-state index in [1.165, 1.54) is 4.90 Å². The summed E-state index contributed by atoms with van der Waals surface area (Å²) in [5.41, 5.74) is 0.917. The number of rotatable bonds is 4. The van der Waals surface area contributed by atoms with Crippen molar-refractivity contribution in [1.29, 1.82) is 0 Å². The van der Waals surface area contributed by atoms with Crippen LogP contribution in [-0.4, -0.2) is 37.2 Å². The molecular weight excluding hydrogens is 363 g/mol. The molecule has 0 aromatic heterocycles. The molecule has 3 nitrogen and oxygen atoms in total. The number of aryl methyl sites for hydroxylation is 1. The van der Waals surface area contributed by atoms with Crippen LogP contribution in [0.3, 0.4) is 0 Å². The van der Waals surface area contributed by atoms with E-state index in [0.717, 1.165) is 10.0 Å². The zero-order chi connectivity index (χ0) is 16.3. The van der Waals surface area contributed by atoms with Crippen LogP contribution >= 0.6 is 15.9 Å². The lowest BCUT2D eigenvalue weighted by molar-refractivity contribution is -0.171. The van der Waals surface area contributed by atoms with E-state index < -0.39 is 12.1 Å². The van der Waals surface area contributed by atoms with Gasteiger partial charge in [0.2, 0.25) is 5.91 Å². The Bertz CT molecular complexity index is 548. The molecule has 0 bridgehead atoms. The molecule has 0 unspecified atom stereocenters. The topological polar surface area (TPSA) is 29.5 Å². The van der Waals surface area contributed by atoms with E-state index in [2.05, 4.69) is 15.9 Å². The summed E-state index contributed by atoms with van der Waals surface area (Å²) in [5.74, 6) is -0.943. The first-order valence-corrected chi connectivity index (χ1v) is 7.77. The van der Waals surface area contributed by atoms with Gasteiger partial charge in [0.05, 0.1) is 17.5 Å². The van der Waals surface area contributed by atoms with Crippen molar-refractivity contribution in [2.75, 3.05) is 20.2 Å². The van der Waals surface area contributed by atoms with Crippen molar-refractivity contribution < 1.29 is 22.7 Å². The van der Waals surface area contributed by atoms with Gasteiger partial charge in [-0.25, -0.2) is 0 Å². The number of carbonyl (C=O) groups excluding carboxylic acids is 1. The lowest BCUT2D eigenvalue weighted by atomic mass is 10.1. The molecule has 1 aromatic rings. The second-order valence-electron chi connectivity index (χ2n) is 5.34. The number of benzene rings is 1. The smallest absolute Gasteiger partial charge is 0.393 e. The van der Waals surface area contributed by atoms with Gasteiger partial charge in [0.25, 0.3) is 0 Å². The molecule has 0 spiro atoms. The predicted octanol–water partition coefficient (Wildman–Crippen LogP) is 3.80. The van der Waals surface area contributed by atoms with E-state index >= 15 is 0 Å². The molecule has 0 saturated carbocycles. The molecule has 1 aromatic carbocycles. The number of carbonyl (C=O) groups is 1. The largest absolute Gasteiger partial charge is 0.496 e. The highest BCUT2D eigenvalue weighted by molar-refractivity contribution is 9.10. The van der Waals surface area contributed by atoms with Crippen LogP contribution in [-0.2, 0) is 11.2 Å². The van der Waals surface area contributed by atoms with Crippen molar-refractivity contribution in [2.24, 2.45) is 5.92 Å². The van der Waals surface area contributed by atoms with Crippen LogP contribution in [0.2, 0.25) is 0 Å². The average molecular weight is 380 g/mol. The van der Waals surface area contributed by atoms with Crippen LogP contribution in [0.15, 0.2) is 22.7 Å². The first kappa shape index (κ1) is 17.1. The number of amides is 1. The Morgan fingerprint density at radius 1 is 1.45 bits per heavy atom. The summed E-state index contributed by atoms with van der Waals surface area (Å²) < 4.78 is 43.8. The summed E-state index contributed by atoms with van der Waals surface area (Å²) in [6.07, 6.45) is -3.53. The van der Waals surface area contributed by atoms with E-state index in [1.807, 2.05) is 18.2 Å². The minimum absolute atomic E-state index is 0.00134. The van der Waals surface area contributed by atoms with Crippen LogP contribution in [0.4, 0.5) is 13.2 Å². The molecule has 1 saturated heterocycles. The van der Waals surface area contributed by atoms with Crippen LogP contribution in [0.5, 0.6) is 5.75 Å². The fourth-order valence-electron chi connectivity index (χ4n) is 2.52. The van der Waals surface area contributed by atoms with Crippen molar-refractivity contribution in [3.8, 4) is 5.75 Å². The van der Waals surface area contributed by atoms with Gasteiger partial charge in [-0.3, -0.25) is 4.79 Å². The summed E-state index contributed by atoms with van der Waals surface area (Å²) in [6.45, 7) is -0.0291. The highest BCUT2D eigenvalue weighted by atomic mass is 79.9. The van der Waals surface area contributed by atoms with Crippen molar-refractivity contribution in [2.45, 2.75) is 25.4 Å². The van der Waals surface area contributed by atoms with Crippen LogP contribution < -0.4 is 4.74 Å². The molecule has 1 heterocycles. The standard InChI is InChI=1S/C15H17BrF3NO2/c1-22-13-8-10(2-4-12(13)16)3-5-14(21)20-7-6-11(9-20)15(17,18)19/h2,4,8,11H,3,5-7,9H2,1H3/t11-/m1/s1. The first-order chi connectivity index (χ1) is 10.3. The fourth-order valence-corrected chi connectivity index (χ4v) is 2.93. The van der Waals surface area contributed by atoms with Gasteiger partial charge < -0.3 is 9.64 Å². The van der Waals surface area contributed by atoms with Gasteiger partial charge in [-0.2, -0.15) is 13.2 Å². The van der Waals surface area contributed by atoms with E-state index in [1.54, 1.807) is 7.11 Å². The summed E-state index contributed by atoms with van der Waals surface area (Å²) >= 11 is 3.34. The van der Waals surface area contributed by atoms with Gasteiger partial charge in [0.1, 0.15) is 5.75 Å². The molecule has 0 radical (unpaired) electrons. The maximum atomic E-state index is 12.6. The molecular formula is C15H17BrF3NO2. The Labute approximate surface area is 135 Å². The Balaban J connectivity index is 1.88. The predicted molar refractivity (Wildman–Crippen MR) is 79.8 cm³/mol. The average Bonchev–Trinajstić information content (AvgIpc) is 2.96. The molecule has 22 heavy (non-hydrogen) atoms. The van der Waals surface area contributed by atoms with Crippen LogP contribution in [0.25, 0.3) is 0 Å². The molecule has 0 N–H and O–H groups in total. The monoisotopic (exact) mass is 379 g/mol. The van der Waals surface area contributed by atoms with Gasteiger partial charge in [-0.05, 0) is 46.5 Å². The normalized spacial score (nSPS) is 18.6. The number of nitrogens with zero attached hydrogens (tertiary/aromatic N) is 1. The Morgan fingerprint density at radius 3 is 2.77 bits per heavy atom. The maximum absolute atomic E-state index is 12.6. The SMILES string of the molecule is COc1cc(CCC(=O)N2CC[C@@H](C(F)(F)F)C2)ccc1Br. The molecule has 1 aliphatic heterocycles. The van der Waals surface area contributed by atoms with Crippen molar-refractivity contribution >= 4 is 21.8 Å². The lowest BCUT2D eigenvalue weighted by Gasteiger charge is -2.18. The summed E-state index contributed by atoms with van der Waals surface area (Å²) in [7, 11) is 1.55. The van der Waals surface area contributed by atoms with E-state index in [0.29, 0.717) is 12.2 Å². The summed E-state index contributed by atoms with van der Waals surface area (Å²) in [4.78, 5) is 13.3. The fraction of sp³-hybridized carbons (Fsp3) is 0.533. The Kier molecular flexibility index (Phi) is 5.36. The first-order valence-electron chi connectivity index (χ1n) is 6.98. The zero-order valence-electron chi connectivity index (χ0n) is 12.1. The minimum Gasteiger partial charge on any atom is -0.496 e. The van der Waals surface area contributed by atoms with Crippen molar-refractivity contribution in [1.82, 2.24) is 4.90 Å². The maximum Gasteiger partial charge on any atom is 0.393 e. The quantitative estimate of drug-likeness (QED) is 0.796. The van der Waals surface area contributed by atoms with Crippen LogP contribution in [0, 0.1) is 5.92 Å².